The number of thioether (sulfide) groups is 1. The van der Waals surface area contributed by atoms with E-state index in [4.69, 9.17) is 9.47 Å². The lowest BCUT2D eigenvalue weighted by atomic mass is 9.86. The van der Waals surface area contributed by atoms with E-state index in [1.165, 1.54) is 11.8 Å². The summed E-state index contributed by atoms with van der Waals surface area (Å²) in [5.74, 6) is 1.80. The van der Waals surface area contributed by atoms with Gasteiger partial charge in [0.2, 0.25) is 5.91 Å². The summed E-state index contributed by atoms with van der Waals surface area (Å²) in [6, 6.07) is 15.8. The summed E-state index contributed by atoms with van der Waals surface area (Å²) in [6.07, 6.45) is 0.232. The Kier molecular flexibility index (Phi) is 5.93. The van der Waals surface area contributed by atoms with Crippen LogP contribution >= 0.6 is 27.7 Å². The molecule has 0 saturated carbocycles. The van der Waals surface area contributed by atoms with Crippen LogP contribution in [0.4, 0.5) is 5.69 Å². The fourth-order valence-electron chi connectivity index (χ4n) is 3.76. The van der Waals surface area contributed by atoms with Gasteiger partial charge < -0.3 is 14.4 Å². The van der Waals surface area contributed by atoms with Crippen molar-refractivity contribution in [3.05, 3.63) is 63.1 Å². The number of nitrogens with zero attached hydrogens (tertiary/aromatic N) is 3. The molecule has 154 valence electrons. The molecule has 0 aromatic heterocycles. The van der Waals surface area contributed by atoms with Gasteiger partial charge in [-0.15, -0.1) is 0 Å². The molecule has 0 N–H and O–H groups in total. The Morgan fingerprint density at radius 3 is 2.60 bits per heavy atom. The zero-order chi connectivity index (χ0) is 21.3. The van der Waals surface area contributed by atoms with Gasteiger partial charge in [0.05, 0.1) is 43.4 Å². The predicted molar refractivity (Wildman–Crippen MR) is 120 cm³/mol. The van der Waals surface area contributed by atoms with Crippen LogP contribution in [0.25, 0.3) is 0 Å². The maximum Gasteiger partial charge on any atom is 0.229 e. The Hall–Kier alpha value is -2.63. The number of carbonyl (C=O) groups is 1. The first-order valence-electron chi connectivity index (χ1n) is 9.35. The minimum Gasteiger partial charge on any atom is -0.497 e. The second-order valence-electron chi connectivity index (χ2n) is 6.95. The lowest BCUT2D eigenvalue weighted by Crippen LogP contribution is -2.47. The number of amides is 1. The van der Waals surface area contributed by atoms with Crippen LogP contribution in [0.2, 0.25) is 0 Å². The summed E-state index contributed by atoms with van der Waals surface area (Å²) in [5.41, 5.74) is 2.47. The van der Waals surface area contributed by atoms with Crippen molar-refractivity contribution in [1.82, 2.24) is 4.90 Å². The van der Waals surface area contributed by atoms with Crippen molar-refractivity contribution in [2.75, 3.05) is 31.7 Å². The minimum absolute atomic E-state index is 0.00161. The Bertz CT molecular complexity index is 1050. The molecule has 1 fully saturated rings. The zero-order valence-corrected chi connectivity index (χ0v) is 19.0. The van der Waals surface area contributed by atoms with Crippen molar-refractivity contribution in [3.63, 3.8) is 0 Å². The number of anilines is 1. The van der Waals surface area contributed by atoms with Gasteiger partial charge in [0.15, 0.2) is 0 Å². The van der Waals surface area contributed by atoms with E-state index in [-0.39, 0.29) is 18.2 Å². The number of fused-ring (bicyclic) bond motifs is 1. The number of allylic oxidation sites excluding steroid dienone is 1. The van der Waals surface area contributed by atoms with Crippen molar-refractivity contribution in [1.29, 1.82) is 5.26 Å². The summed E-state index contributed by atoms with van der Waals surface area (Å²) in [5, 5.41) is 10.7. The highest BCUT2D eigenvalue weighted by Gasteiger charge is 2.39. The van der Waals surface area contributed by atoms with Gasteiger partial charge in [-0.3, -0.25) is 9.69 Å². The number of hydrogen-bond donors (Lipinski definition) is 0. The number of halogens is 1. The lowest BCUT2D eigenvalue weighted by molar-refractivity contribution is -0.129. The SMILES string of the molecule is COc1ccc(N2CSC3=C(C#N)C(c4cc(Br)ccc4OC)CC(=O)N3C2)cc1. The van der Waals surface area contributed by atoms with Crippen LogP contribution < -0.4 is 14.4 Å². The molecule has 1 amide bonds. The first-order chi connectivity index (χ1) is 14.5. The van der Waals surface area contributed by atoms with Gasteiger partial charge in [0.1, 0.15) is 11.5 Å². The predicted octanol–water partition coefficient (Wildman–Crippen LogP) is 4.69. The minimum atomic E-state index is -0.318. The molecule has 4 rings (SSSR count). The standard InChI is InChI=1S/C22H20BrN3O3S/c1-28-16-6-4-15(5-7-16)25-12-26-21(27)10-17(19(11-24)22(26)30-13-25)18-9-14(23)3-8-20(18)29-2/h3-9,17H,10,12-13H2,1-2H3. The molecular formula is C22H20BrN3O3S. The van der Waals surface area contributed by atoms with Crippen LogP contribution in [0.15, 0.2) is 57.5 Å². The van der Waals surface area contributed by atoms with E-state index in [0.717, 1.165) is 26.5 Å². The monoisotopic (exact) mass is 485 g/mol. The number of nitriles is 1. The second-order valence-corrected chi connectivity index (χ2v) is 8.80. The summed E-state index contributed by atoms with van der Waals surface area (Å²) in [6.45, 7) is 0.418. The topological polar surface area (TPSA) is 65.8 Å². The number of rotatable bonds is 4. The third-order valence-electron chi connectivity index (χ3n) is 5.30. The molecule has 30 heavy (non-hydrogen) atoms. The van der Waals surface area contributed by atoms with Crippen molar-refractivity contribution < 1.29 is 14.3 Å². The van der Waals surface area contributed by atoms with Crippen molar-refractivity contribution in [2.45, 2.75) is 12.3 Å². The number of ether oxygens (including phenoxy) is 2. The molecule has 0 aliphatic carbocycles. The number of benzene rings is 2. The van der Waals surface area contributed by atoms with Gasteiger partial charge in [0, 0.05) is 28.1 Å². The van der Waals surface area contributed by atoms with Crippen molar-refractivity contribution in [2.24, 2.45) is 0 Å². The molecule has 2 aliphatic heterocycles. The van der Waals surface area contributed by atoms with Crippen molar-refractivity contribution in [3.8, 4) is 17.6 Å². The summed E-state index contributed by atoms with van der Waals surface area (Å²) < 4.78 is 11.6. The highest BCUT2D eigenvalue weighted by molar-refractivity contribution is 9.10. The van der Waals surface area contributed by atoms with Gasteiger partial charge in [-0.25, -0.2) is 0 Å². The molecule has 0 bridgehead atoms. The highest BCUT2D eigenvalue weighted by atomic mass is 79.9. The number of methoxy groups -OCH3 is 2. The fourth-order valence-corrected chi connectivity index (χ4v) is 5.31. The molecular weight excluding hydrogens is 466 g/mol. The first kappa shape index (κ1) is 20.6. The Morgan fingerprint density at radius 1 is 1.17 bits per heavy atom. The maximum atomic E-state index is 13.1. The Morgan fingerprint density at radius 2 is 1.93 bits per heavy atom. The van der Waals surface area contributed by atoms with E-state index < -0.39 is 0 Å². The van der Waals surface area contributed by atoms with Gasteiger partial charge in [-0.2, -0.15) is 5.26 Å². The molecule has 2 aromatic carbocycles. The van der Waals surface area contributed by atoms with E-state index in [0.29, 0.717) is 23.9 Å². The third kappa shape index (κ3) is 3.75. The van der Waals surface area contributed by atoms with Gasteiger partial charge in [-0.05, 0) is 42.5 Å². The third-order valence-corrected chi connectivity index (χ3v) is 6.95. The average Bonchev–Trinajstić information content (AvgIpc) is 2.79. The Labute approximate surface area is 188 Å². The van der Waals surface area contributed by atoms with Crippen LogP contribution in [0.5, 0.6) is 11.5 Å². The van der Waals surface area contributed by atoms with E-state index in [2.05, 4.69) is 26.9 Å². The lowest BCUT2D eigenvalue weighted by Gasteiger charge is -2.42. The van der Waals surface area contributed by atoms with Crippen LogP contribution in [0.3, 0.4) is 0 Å². The quantitative estimate of drug-likeness (QED) is 0.625. The maximum absolute atomic E-state index is 13.1. The van der Waals surface area contributed by atoms with Crippen LogP contribution in [0, 0.1) is 11.3 Å². The molecule has 2 aromatic rings. The zero-order valence-electron chi connectivity index (χ0n) is 16.6. The molecule has 2 heterocycles. The summed E-state index contributed by atoms with van der Waals surface area (Å²) in [7, 11) is 3.24. The Balaban J connectivity index is 1.67. The smallest absolute Gasteiger partial charge is 0.229 e. The van der Waals surface area contributed by atoms with Gasteiger partial charge >= 0.3 is 0 Å². The van der Waals surface area contributed by atoms with Crippen LogP contribution in [0.1, 0.15) is 17.9 Å². The molecule has 1 atom stereocenters. The summed E-state index contributed by atoms with van der Waals surface area (Å²) in [4.78, 5) is 16.9. The van der Waals surface area contributed by atoms with Crippen LogP contribution in [-0.4, -0.2) is 37.6 Å². The molecule has 2 aliphatic rings. The molecule has 8 heteroatoms. The molecule has 1 unspecified atom stereocenters. The molecule has 6 nitrogen and oxygen atoms in total. The van der Waals surface area contributed by atoms with Gasteiger partial charge in [-0.1, -0.05) is 27.7 Å². The van der Waals surface area contributed by atoms with E-state index in [1.807, 2.05) is 42.5 Å². The van der Waals surface area contributed by atoms with Crippen molar-refractivity contribution >= 4 is 39.3 Å². The molecule has 1 saturated heterocycles. The first-order valence-corrected chi connectivity index (χ1v) is 11.1. The van der Waals surface area contributed by atoms with E-state index >= 15 is 0 Å². The largest absolute Gasteiger partial charge is 0.497 e. The summed E-state index contributed by atoms with van der Waals surface area (Å²) >= 11 is 5.01. The highest BCUT2D eigenvalue weighted by Crippen LogP contribution is 2.45. The fraction of sp³-hybridized carbons (Fsp3) is 0.273. The molecule has 0 radical (unpaired) electrons. The second kappa shape index (κ2) is 8.62. The number of carbonyl (C=O) groups excluding carboxylic acids is 1. The van der Waals surface area contributed by atoms with E-state index in [9.17, 15) is 10.1 Å². The normalized spacial score (nSPS) is 18.7. The van der Waals surface area contributed by atoms with Crippen LogP contribution in [-0.2, 0) is 4.79 Å². The molecule has 0 spiro atoms. The van der Waals surface area contributed by atoms with E-state index in [1.54, 1.807) is 19.1 Å². The number of hydrogen-bond acceptors (Lipinski definition) is 6. The van der Waals surface area contributed by atoms with Gasteiger partial charge in [0.25, 0.3) is 0 Å². The average molecular weight is 486 g/mol.